The molecule has 0 amide bonds. The number of halogens is 1. The van der Waals surface area contributed by atoms with Crippen molar-refractivity contribution >= 4 is 27.3 Å². The van der Waals surface area contributed by atoms with Gasteiger partial charge in [0.05, 0.1) is 28.7 Å². The first-order valence-electron chi connectivity index (χ1n) is 8.04. The van der Waals surface area contributed by atoms with Crippen molar-refractivity contribution in [2.75, 3.05) is 38.2 Å². The zero-order valence-corrected chi connectivity index (χ0v) is 15.8. The zero-order valence-electron chi connectivity index (χ0n) is 14.2. The second-order valence-electron chi connectivity index (χ2n) is 5.85. The molecule has 0 saturated carbocycles. The summed E-state index contributed by atoms with van der Waals surface area (Å²) in [5.74, 6) is 0.438. The standard InChI is InChI=1S/C18H18ClN3O3S/c1-25-18-6-5-16(12-17(18)19)26(23,24)22-9-7-21(8-10-22)15-4-2-3-14(11-15)13-20/h2-6,11-12H,7-10H2,1H3. The molecule has 0 unspecified atom stereocenters. The van der Waals surface area contributed by atoms with E-state index in [1.807, 2.05) is 18.2 Å². The van der Waals surface area contributed by atoms with E-state index in [0.29, 0.717) is 37.5 Å². The summed E-state index contributed by atoms with van der Waals surface area (Å²) in [5.41, 5.74) is 1.51. The van der Waals surface area contributed by atoms with Gasteiger partial charge in [-0.25, -0.2) is 8.42 Å². The molecule has 26 heavy (non-hydrogen) atoms. The van der Waals surface area contributed by atoms with Gasteiger partial charge in [0.25, 0.3) is 0 Å². The van der Waals surface area contributed by atoms with E-state index in [2.05, 4.69) is 11.0 Å². The van der Waals surface area contributed by atoms with Crippen molar-refractivity contribution in [2.24, 2.45) is 0 Å². The Balaban J connectivity index is 1.74. The van der Waals surface area contributed by atoms with Gasteiger partial charge >= 0.3 is 0 Å². The molecule has 1 saturated heterocycles. The predicted molar refractivity (Wildman–Crippen MR) is 100 cm³/mol. The Morgan fingerprint density at radius 3 is 2.46 bits per heavy atom. The smallest absolute Gasteiger partial charge is 0.243 e. The Morgan fingerprint density at radius 1 is 1.12 bits per heavy atom. The number of hydrogen-bond acceptors (Lipinski definition) is 5. The van der Waals surface area contributed by atoms with Crippen molar-refractivity contribution in [3.8, 4) is 11.8 Å². The summed E-state index contributed by atoms with van der Waals surface area (Å²) in [4.78, 5) is 2.23. The fourth-order valence-corrected chi connectivity index (χ4v) is 4.69. The monoisotopic (exact) mass is 391 g/mol. The van der Waals surface area contributed by atoms with Gasteiger partial charge in [-0.05, 0) is 36.4 Å². The highest BCUT2D eigenvalue weighted by Gasteiger charge is 2.29. The number of ether oxygens (including phenoxy) is 1. The maximum Gasteiger partial charge on any atom is 0.243 e. The van der Waals surface area contributed by atoms with E-state index in [1.54, 1.807) is 12.1 Å². The number of nitrogens with zero attached hydrogens (tertiary/aromatic N) is 3. The van der Waals surface area contributed by atoms with Crippen molar-refractivity contribution in [3.63, 3.8) is 0 Å². The highest BCUT2D eigenvalue weighted by molar-refractivity contribution is 7.89. The van der Waals surface area contributed by atoms with Gasteiger partial charge in [-0.2, -0.15) is 9.57 Å². The fourth-order valence-electron chi connectivity index (χ4n) is 2.92. The third-order valence-corrected chi connectivity index (χ3v) is 6.53. The summed E-state index contributed by atoms with van der Waals surface area (Å²) in [6.07, 6.45) is 0. The maximum atomic E-state index is 12.8. The van der Waals surface area contributed by atoms with E-state index in [0.717, 1.165) is 5.69 Å². The molecule has 3 rings (SSSR count). The number of rotatable bonds is 4. The lowest BCUT2D eigenvalue weighted by molar-refractivity contribution is 0.384. The lowest BCUT2D eigenvalue weighted by Crippen LogP contribution is -2.48. The minimum absolute atomic E-state index is 0.156. The number of hydrogen-bond donors (Lipinski definition) is 0. The molecule has 0 aliphatic carbocycles. The van der Waals surface area contributed by atoms with Crippen molar-refractivity contribution in [1.82, 2.24) is 4.31 Å². The summed E-state index contributed by atoms with van der Waals surface area (Å²) in [7, 11) is -2.13. The van der Waals surface area contributed by atoms with E-state index in [4.69, 9.17) is 21.6 Å². The van der Waals surface area contributed by atoms with Gasteiger partial charge in [0.1, 0.15) is 5.75 Å². The van der Waals surface area contributed by atoms with Crippen LogP contribution in [0.15, 0.2) is 47.4 Å². The number of methoxy groups -OCH3 is 1. The van der Waals surface area contributed by atoms with Gasteiger partial charge in [-0.1, -0.05) is 17.7 Å². The number of benzene rings is 2. The molecule has 2 aromatic carbocycles. The van der Waals surface area contributed by atoms with Crippen LogP contribution in [0.4, 0.5) is 5.69 Å². The van der Waals surface area contributed by atoms with Crippen LogP contribution in [-0.2, 0) is 10.0 Å². The van der Waals surface area contributed by atoms with Crippen molar-refractivity contribution < 1.29 is 13.2 Å². The minimum Gasteiger partial charge on any atom is -0.495 e. The molecule has 0 atom stereocenters. The molecule has 1 aliphatic rings. The first-order chi connectivity index (χ1) is 12.5. The molecule has 0 N–H and O–H groups in total. The van der Waals surface area contributed by atoms with Gasteiger partial charge in [0.2, 0.25) is 10.0 Å². The molecule has 0 bridgehead atoms. The van der Waals surface area contributed by atoms with Crippen molar-refractivity contribution in [2.45, 2.75) is 4.90 Å². The molecule has 1 heterocycles. The van der Waals surface area contributed by atoms with E-state index >= 15 is 0 Å². The average Bonchev–Trinajstić information content (AvgIpc) is 2.68. The Kier molecular flexibility index (Phi) is 5.37. The van der Waals surface area contributed by atoms with Crippen LogP contribution in [0.1, 0.15) is 5.56 Å². The van der Waals surface area contributed by atoms with Crippen LogP contribution in [0.25, 0.3) is 0 Å². The first kappa shape index (κ1) is 18.5. The molecule has 8 heteroatoms. The molecule has 6 nitrogen and oxygen atoms in total. The van der Waals surface area contributed by atoms with Gasteiger partial charge in [-0.3, -0.25) is 0 Å². The van der Waals surface area contributed by atoms with Crippen molar-refractivity contribution in [1.29, 1.82) is 5.26 Å². The number of sulfonamides is 1. The molecule has 0 aromatic heterocycles. The van der Waals surface area contributed by atoms with Crippen LogP contribution in [0.3, 0.4) is 0 Å². The molecule has 1 fully saturated rings. The predicted octanol–water partition coefficient (Wildman–Crippen LogP) is 2.73. The van der Waals surface area contributed by atoms with E-state index in [1.165, 1.54) is 23.5 Å². The third kappa shape index (κ3) is 3.63. The fraction of sp³-hybridized carbons (Fsp3) is 0.278. The summed E-state index contributed by atoms with van der Waals surface area (Å²) in [6, 6.07) is 13.9. The zero-order chi connectivity index (χ0) is 18.7. The molecular weight excluding hydrogens is 374 g/mol. The van der Waals surface area contributed by atoms with E-state index < -0.39 is 10.0 Å². The van der Waals surface area contributed by atoms with E-state index in [9.17, 15) is 8.42 Å². The first-order valence-corrected chi connectivity index (χ1v) is 9.86. The summed E-state index contributed by atoms with van der Waals surface area (Å²) in [5, 5.41) is 9.28. The topological polar surface area (TPSA) is 73.6 Å². The Bertz CT molecular complexity index is 948. The van der Waals surface area contributed by atoms with E-state index in [-0.39, 0.29) is 9.92 Å². The summed E-state index contributed by atoms with van der Waals surface area (Å²) >= 11 is 6.06. The van der Waals surface area contributed by atoms with Gasteiger partial charge in [0, 0.05) is 31.9 Å². The van der Waals surface area contributed by atoms with Gasteiger partial charge in [0.15, 0.2) is 0 Å². The van der Waals surface area contributed by atoms with Crippen LogP contribution in [0, 0.1) is 11.3 Å². The second-order valence-corrected chi connectivity index (χ2v) is 8.19. The number of anilines is 1. The number of piperazine rings is 1. The van der Waals surface area contributed by atoms with Crippen LogP contribution >= 0.6 is 11.6 Å². The van der Waals surface area contributed by atoms with Crippen LogP contribution < -0.4 is 9.64 Å². The van der Waals surface area contributed by atoms with Crippen LogP contribution in [0.2, 0.25) is 5.02 Å². The molecule has 136 valence electrons. The quantitative estimate of drug-likeness (QED) is 0.801. The van der Waals surface area contributed by atoms with Crippen molar-refractivity contribution in [3.05, 3.63) is 53.1 Å². The maximum absolute atomic E-state index is 12.8. The second kappa shape index (κ2) is 7.54. The minimum atomic E-state index is -3.61. The van der Waals surface area contributed by atoms with Crippen LogP contribution in [0.5, 0.6) is 5.75 Å². The molecule has 0 spiro atoms. The highest BCUT2D eigenvalue weighted by Crippen LogP contribution is 2.29. The molecule has 2 aromatic rings. The highest BCUT2D eigenvalue weighted by atomic mass is 35.5. The Morgan fingerprint density at radius 2 is 1.85 bits per heavy atom. The lowest BCUT2D eigenvalue weighted by atomic mass is 10.2. The average molecular weight is 392 g/mol. The number of nitriles is 1. The van der Waals surface area contributed by atoms with Crippen LogP contribution in [-0.4, -0.2) is 46.0 Å². The Hall–Kier alpha value is -2.27. The summed E-state index contributed by atoms with van der Waals surface area (Å²) in [6.45, 7) is 1.83. The molecular formula is C18H18ClN3O3S. The van der Waals surface area contributed by atoms with Gasteiger partial charge < -0.3 is 9.64 Å². The summed E-state index contributed by atoms with van der Waals surface area (Å²) < 4.78 is 32.2. The largest absolute Gasteiger partial charge is 0.495 e. The molecule has 0 radical (unpaired) electrons. The van der Waals surface area contributed by atoms with Gasteiger partial charge in [-0.15, -0.1) is 0 Å². The lowest BCUT2D eigenvalue weighted by Gasteiger charge is -2.35. The normalized spacial score (nSPS) is 15.5. The Labute approximate surface area is 158 Å². The molecule has 1 aliphatic heterocycles. The third-order valence-electron chi connectivity index (χ3n) is 4.34. The SMILES string of the molecule is COc1ccc(S(=O)(=O)N2CCN(c3cccc(C#N)c3)CC2)cc1Cl.